The van der Waals surface area contributed by atoms with Crippen LogP contribution in [0.3, 0.4) is 0 Å². The lowest BCUT2D eigenvalue weighted by atomic mass is 10.3. The summed E-state index contributed by atoms with van der Waals surface area (Å²) in [4.78, 5) is 23.5. The van der Waals surface area contributed by atoms with Gasteiger partial charge in [0.1, 0.15) is 0 Å². The predicted molar refractivity (Wildman–Crippen MR) is 78.3 cm³/mol. The molecule has 0 aliphatic heterocycles. The molecule has 0 spiro atoms. The molecule has 1 aromatic carbocycles. The third-order valence-corrected chi connectivity index (χ3v) is 3.32. The van der Waals surface area contributed by atoms with E-state index in [4.69, 9.17) is 17.3 Å². The Morgan fingerprint density at radius 2 is 2.21 bits per heavy atom. The highest BCUT2D eigenvalue weighted by atomic mass is 35.5. The van der Waals surface area contributed by atoms with Crippen LogP contribution in [0.5, 0.6) is 0 Å². The number of nitrogens with one attached hydrogen (secondary N) is 2. The van der Waals surface area contributed by atoms with Gasteiger partial charge in [-0.25, -0.2) is 4.79 Å². The summed E-state index contributed by atoms with van der Waals surface area (Å²) in [6.07, 6.45) is 1.52. The van der Waals surface area contributed by atoms with E-state index >= 15 is 0 Å². The van der Waals surface area contributed by atoms with E-state index in [0.29, 0.717) is 17.3 Å². The minimum atomic E-state index is -0.541. The Hall–Kier alpha value is -1.66. The van der Waals surface area contributed by atoms with E-state index < -0.39 is 6.03 Å². The number of carbonyl (C=O) groups excluding carboxylic acids is 2. The summed E-state index contributed by atoms with van der Waals surface area (Å²) in [5, 5.41) is 5.08. The van der Waals surface area contributed by atoms with Gasteiger partial charge in [0, 0.05) is 11.4 Å². The molecule has 0 saturated heterocycles. The largest absolute Gasteiger partial charge is 0.398 e. The van der Waals surface area contributed by atoms with E-state index in [1.165, 1.54) is 17.8 Å². The molecule has 0 heterocycles. The van der Waals surface area contributed by atoms with Crippen LogP contribution in [-0.2, 0) is 4.79 Å². The molecule has 5 nitrogen and oxygen atoms in total. The fraction of sp³-hybridized carbons (Fsp3) is 0.167. The van der Waals surface area contributed by atoms with E-state index in [0.717, 1.165) is 4.90 Å². The van der Waals surface area contributed by atoms with Gasteiger partial charge in [-0.1, -0.05) is 17.7 Å². The molecule has 0 aliphatic carbocycles. The SMILES string of the molecule is C=CCNC(=O)NC(=O)CSc1ccc(N)c(Cl)c1. The van der Waals surface area contributed by atoms with Crippen LogP contribution in [-0.4, -0.2) is 24.2 Å². The lowest BCUT2D eigenvalue weighted by molar-refractivity contribution is -0.117. The zero-order valence-electron chi connectivity index (χ0n) is 10.1. The molecule has 0 atom stereocenters. The number of thioether (sulfide) groups is 1. The summed E-state index contributed by atoms with van der Waals surface area (Å²) >= 11 is 7.12. The van der Waals surface area contributed by atoms with Crippen molar-refractivity contribution in [2.24, 2.45) is 0 Å². The molecule has 0 aliphatic rings. The molecule has 4 N–H and O–H groups in total. The average Bonchev–Trinajstić information content (AvgIpc) is 2.38. The number of nitrogen functional groups attached to an aromatic ring is 1. The van der Waals surface area contributed by atoms with Crippen LogP contribution in [0.2, 0.25) is 5.02 Å². The number of anilines is 1. The van der Waals surface area contributed by atoms with Crippen molar-refractivity contribution in [2.45, 2.75) is 4.90 Å². The Bertz CT molecular complexity index is 494. The molecular weight excluding hydrogens is 286 g/mol. The third-order valence-electron chi connectivity index (χ3n) is 2.00. The number of benzene rings is 1. The van der Waals surface area contributed by atoms with E-state index in [9.17, 15) is 9.59 Å². The van der Waals surface area contributed by atoms with E-state index in [1.807, 2.05) is 0 Å². The van der Waals surface area contributed by atoms with Crippen molar-refractivity contribution in [2.75, 3.05) is 18.0 Å². The van der Waals surface area contributed by atoms with Gasteiger partial charge in [-0.15, -0.1) is 18.3 Å². The van der Waals surface area contributed by atoms with Gasteiger partial charge in [-0.2, -0.15) is 0 Å². The minimum absolute atomic E-state index is 0.113. The van der Waals surface area contributed by atoms with Crippen molar-refractivity contribution in [1.82, 2.24) is 10.6 Å². The second kappa shape index (κ2) is 7.70. The first kappa shape index (κ1) is 15.4. The van der Waals surface area contributed by atoms with Gasteiger partial charge in [-0.3, -0.25) is 10.1 Å². The molecule has 7 heteroatoms. The van der Waals surface area contributed by atoms with Gasteiger partial charge in [0.2, 0.25) is 5.91 Å². The Morgan fingerprint density at radius 1 is 1.47 bits per heavy atom. The number of urea groups is 1. The second-order valence-electron chi connectivity index (χ2n) is 3.52. The first-order valence-corrected chi connectivity index (χ1v) is 6.75. The van der Waals surface area contributed by atoms with Crippen LogP contribution < -0.4 is 16.4 Å². The average molecular weight is 300 g/mol. The molecule has 1 rings (SSSR count). The second-order valence-corrected chi connectivity index (χ2v) is 4.97. The summed E-state index contributed by atoms with van der Waals surface area (Å²) in [7, 11) is 0. The first-order valence-electron chi connectivity index (χ1n) is 5.39. The lowest BCUT2D eigenvalue weighted by Crippen LogP contribution is -2.40. The topological polar surface area (TPSA) is 84.2 Å². The highest BCUT2D eigenvalue weighted by Gasteiger charge is 2.07. The van der Waals surface area contributed by atoms with Crippen LogP contribution in [0.15, 0.2) is 35.7 Å². The highest BCUT2D eigenvalue weighted by molar-refractivity contribution is 8.00. The zero-order chi connectivity index (χ0) is 14.3. The summed E-state index contributed by atoms with van der Waals surface area (Å²) in [5.74, 6) is -0.276. The molecule has 19 heavy (non-hydrogen) atoms. The van der Waals surface area contributed by atoms with Gasteiger partial charge in [-0.05, 0) is 18.2 Å². The van der Waals surface area contributed by atoms with Gasteiger partial charge in [0.25, 0.3) is 0 Å². The molecular formula is C12H14ClN3O2S. The molecule has 0 saturated carbocycles. The van der Waals surface area contributed by atoms with Crippen LogP contribution in [0, 0.1) is 0 Å². The number of rotatable bonds is 5. The fourth-order valence-corrected chi connectivity index (χ4v) is 2.10. The maximum Gasteiger partial charge on any atom is 0.321 e. The number of carbonyl (C=O) groups is 2. The Balaban J connectivity index is 2.39. The summed E-state index contributed by atoms with van der Waals surface area (Å²) in [6, 6.07) is 4.56. The Morgan fingerprint density at radius 3 is 2.84 bits per heavy atom. The number of amides is 3. The van der Waals surface area contributed by atoms with Crippen LogP contribution in [0.1, 0.15) is 0 Å². The van der Waals surface area contributed by atoms with E-state index in [-0.39, 0.29) is 11.7 Å². The van der Waals surface area contributed by atoms with Crippen molar-refractivity contribution < 1.29 is 9.59 Å². The quantitative estimate of drug-likeness (QED) is 0.441. The molecule has 0 unspecified atom stereocenters. The van der Waals surface area contributed by atoms with Crippen molar-refractivity contribution in [1.29, 1.82) is 0 Å². The van der Waals surface area contributed by atoms with Crippen LogP contribution in [0.25, 0.3) is 0 Å². The van der Waals surface area contributed by atoms with E-state index in [2.05, 4.69) is 17.2 Å². The maximum atomic E-state index is 11.5. The molecule has 0 radical (unpaired) electrons. The highest BCUT2D eigenvalue weighted by Crippen LogP contribution is 2.26. The number of nitrogens with two attached hydrogens (primary N) is 1. The van der Waals surface area contributed by atoms with Crippen molar-refractivity contribution >= 4 is 41.0 Å². The standard InChI is InChI=1S/C12H14ClN3O2S/c1-2-5-15-12(18)16-11(17)7-19-8-3-4-10(14)9(13)6-8/h2-4,6H,1,5,7,14H2,(H2,15,16,17,18). The number of imide groups is 1. The summed E-state index contributed by atoms with van der Waals surface area (Å²) in [6.45, 7) is 3.75. The molecule has 0 aromatic heterocycles. The lowest BCUT2D eigenvalue weighted by Gasteiger charge is -2.05. The summed E-state index contributed by atoms with van der Waals surface area (Å²) < 4.78 is 0. The zero-order valence-corrected chi connectivity index (χ0v) is 11.7. The normalized spacial score (nSPS) is 9.74. The number of hydrogen-bond acceptors (Lipinski definition) is 4. The predicted octanol–water partition coefficient (Wildman–Crippen LogP) is 2.03. The van der Waals surface area contributed by atoms with E-state index in [1.54, 1.807) is 18.2 Å². The van der Waals surface area contributed by atoms with Gasteiger partial charge in [0.15, 0.2) is 0 Å². The monoisotopic (exact) mass is 299 g/mol. The Labute approximate surface area is 120 Å². The van der Waals surface area contributed by atoms with Crippen molar-refractivity contribution in [3.8, 4) is 0 Å². The molecule has 0 bridgehead atoms. The first-order chi connectivity index (χ1) is 9.02. The number of halogens is 1. The number of hydrogen-bond donors (Lipinski definition) is 3. The maximum absolute atomic E-state index is 11.5. The molecule has 0 fully saturated rings. The molecule has 102 valence electrons. The third kappa shape index (κ3) is 5.67. The van der Waals surface area contributed by atoms with Crippen molar-refractivity contribution in [3.63, 3.8) is 0 Å². The van der Waals surface area contributed by atoms with Crippen LogP contribution >= 0.6 is 23.4 Å². The van der Waals surface area contributed by atoms with Gasteiger partial charge in [0.05, 0.1) is 16.5 Å². The molecule has 1 aromatic rings. The van der Waals surface area contributed by atoms with Gasteiger partial charge < -0.3 is 11.1 Å². The van der Waals surface area contributed by atoms with Crippen molar-refractivity contribution in [3.05, 3.63) is 35.9 Å². The van der Waals surface area contributed by atoms with Gasteiger partial charge >= 0.3 is 6.03 Å². The fourth-order valence-electron chi connectivity index (χ4n) is 1.12. The minimum Gasteiger partial charge on any atom is -0.398 e. The smallest absolute Gasteiger partial charge is 0.321 e. The van der Waals surface area contributed by atoms with Crippen LogP contribution in [0.4, 0.5) is 10.5 Å². The summed E-state index contributed by atoms with van der Waals surface area (Å²) in [5.41, 5.74) is 6.06. The molecule has 3 amide bonds. The Kier molecular flexibility index (Phi) is 6.24.